The molecule has 0 N–H and O–H groups in total. The number of rotatable bonds is 6. The van der Waals surface area contributed by atoms with Gasteiger partial charge in [-0.15, -0.1) is 0 Å². The number of halogens is 2. The number of hydrogen-bond acceptors (Lipinski definition) is 2. The van der Waals surface area contributed by atoms with E-state index >= 15 is 0 Å². The predicted octanol–water partition coefficient (Wildman–Crippen LogP) is 4.70. The van der Waals surface area contributed by atoms with Gasteiger partial charge in [0.1, 0.15) is 12.4 Å². The first-order valence-electron chi connectivity index (χ1n) is 6.71. The Labute approximate surface area is 136 Å². The van der Waals surface area contributed by atoms with E-state index < -0.39 is 0 Å². The van der Waals surface area contributed by atoms with Gasteiger partial charge in [-0.25, -0.2) is 0 Å². The lowest BCUT2D eigenvalue weighted by Gasteiger charge is -2.12. The fourth-order valence-electron chi connectivity index (χ4n) is 2.04. The van der Waals surface area contributed by atoms with E-state index in [1.807, 2.05) is 16.8 Å². The Bertz CT molecular complexity index is 581. The molecule has 108 valence electrons. The van der Waals surface area contributed by atoms with Crippen LogP contribution < -0.4 is 4.74 Å². The zero-order valence-electron chi connectivity index (χ0n) is 11.7. The second-order valence-electron chi connectivity index (χ2n) is 4.45. The fourth-order valence-corrected chi connectivity index (χ4v) is 3.01. The molecule has 0 fully saturated rings. The molecule has 0 unspecified atom stereocenters. The van der Waals surface area contributed by atoms with E-state index in [2.05, 4.69) is 62.9 Å². The average Bonchev–Trinajstić information content (AvgIpc) is 2.88. The number of nitrogens with zero attached hydrogens (tertiary/aromatic N) is 2. The van der Waals surface area contributed by atoms with Crippen molar-refractivity contribution in [3.05, 3.63) is 45.7 Å². The van der Waals surface area contributed by atoms with Crippen molar-refractivity contribution in [1.82, 2.24) is 9.78 Å². The molecule has 0 bridgehead atoms. The van der Waals surface area contributed by atoms with Crippen LogP contribution in [0.25, 0.3) is 0 Å². The number of hydrogen-bond donors (Lipinski definition) is 0. The van der Waals surface area contributed by atoms with Gasteiger partial charge in [-0.05, 0) is 41.4 Å². The van der Waals surface area contributed by atoms with Crippen molar-refractivity contribution in [3.63, 3.8) is 0 Å². The molecule has 5 heteroatoms. The largest absolute Gasteiger partial charge is 0.486 e. The molecule has 2 aromatic rings. The van der Waals surface area contributed by atoms with Crippen molar-refractivity contribution in [3.8, 4) is 5.75 Å². The molecule has 0 saturated heterocycles. The SMILES string of the molecule is CCc1cc(COc2c(Br)cccc2CBr)n(CC)n1. The van der Waals surface area contributed by atoms with Gasteiger partial charge in [0, 0.05) is 17.4 Å². The summed E-state index contributed by atoms with van der Waals surface area (Å²) >= 11 is 7.04. The van der Waals surface area contributed by atoms with Crippen LogP contribution in [0.5, 0.6) is 5.75 Å². The van der Waals surface area contributed by atoms with Crippen LogP contribution in [0, 0.1) is 0 Å². The molecule has 0 aliphatic heterocycles. The van der Waals surface area contributed by atoms with E-state index in [-0.39, 0.29) is 0 Å². The van der Waals surface area contributed by atoms with Crippen molar-refractivity contribution < 1.29 is 4.74 Å². The van der Waals surface area contributed by atoms with Crippen LogP contribution >= 0.6 is 31.9 Å². The van der Waals surface area contributed by atoms with Crippen LogP contribution in [0.15, 0.2) is 28.7 Å². The Morgan fingerprint density at radius 1 is 1.30 bits per heavy atom. The molecule has 0 saturated carbocycles. The molecular formula is C15H18Br2N2O. The van der Waals surface area contributed by atoms with Gasteiger partial charge in [-0.2, -0.15) is 5.10 Å². The molecule has 2 rings (SSSR count). The highest BCUT2D eigenvalue weighted by Gasteiger charge is 2.10. The van der Waals surface area contributed by atoms with Gasteiger partial charge < -0.3 is 4.74 Å². The maximum atomic E-state index is 6.01. The number of benzene rings is 1. The van der Waals surface area contributed by atoms with Crippen LogP contribution in [-0.2, 0) is 24.9 Å². The number of aryl methyl sites for hydroxylation is 2. The Kier molecular flexibility index (Phi) is 5.66. The van der Waals surface area contributed by atoms with E-state index in [0.29, 0.717) is 6.61 Å². The molecule has 0 amide bonds. The van der Waals surface area contributed by atoms with Gasteiger partial charge >= 0.3 is 0 Å². The molecule has 1 aromatic heterocycles. The summed E-state index contributed by atoms with van der Waals surface area (Å²) in [6.45, 7) is 5.60. The molecule has 20 heavy (non-hydrogen) atoms. The molecule has 1 heterocycles. The van der Waals surface area contributed by atoms with Crippen LogP contribution in [0.1, 0.15) is 30.8 Å². The summed E-state index contributed by atoms with van der Waals surface area (Å²) in [5.41, 5.74) is 3.36. The highest BCUT2D eigenvalue weighted by atomic mass is 79.9. The lowest BCUT2D eigenvalue weighted by molar-refractivity contribution is 0.288. The van der Waals surface area contributed by atoms with Gasteiger partial charge in [0.05, 0.1) is 15.9 Å². The van der Waals surface area contributed by atoms with Crippen molar-refractivity contribution in [1.29, 1.82) is 0 Å². The van der Waals surface area contributed by atoms with Crippen molar-refractivity contribution in [2.75, 3.05) is 0 Å². The summed E-state index contributed by atoms with van der Waals surface area (Å²) in [7, 11) is 0. The molecular weight excluding hydrogens is 384 g/mol. The van der Waals surface area contributed by atoms with Crippen LogP contribution in [0.2, 0.25) is 0 Å². The summed E-state index contributed by atoms with van der Waals surface area (Å²) in [6.07, 6.45) is 0.946. The average molecular weight is 402 g/mol. The van der Waals surface area contributed by atoms with E-state index in [4.69, 9.17) is 4.74 Å². The first-order chi connectivity index (χ1) is 9.69. The lowest BCUT2D eigenvalue weighted by Crippen LogP contribution is -2.07. The van der Waals surface area contributed by atoms with E-state index in [1.54, 1.807) is 0 Å². The van der Waals surface area contributed by atoms with E-state index in [0.717, 1.165) is 45.5 Å². The van der Waals surface area contributed by atoms with Crippen molar-refractivity contribution >= 4 is 31.9 Å². The van der Waals surface area contributed by atoms with Gasteiger partial charge in [0.25, 0.3) is 0 Å². The Hall–Kier alpha value is -0.810. The molecule has 3 nitrogen and oxygen atoms in total. The molecule has 0 aliphatic rings. The van der Waals surface area contributed by atoms with Crippen molar-refractivity contribution in [2.24, 2.45) is 0 Å². The summed E-state index contributed by atoms with van der Waals surface area (Å²) < 4.78 is 8.99. The highest BCUT2D eigenvalue weighted by Crippen LogP contribution is 2.31. The van der Waals surface area contributed by atoms with Gasteiger partial charge in [-0.3, -0.25) is 4.68 Å². The molecule has 0 spiro atoms. The molecule has 1 aromatic carbocycles. The Balaban J connectivity index is 2.18. The third-order valence-electron chi connectivity index (χ3n) is 3.13. The Morgan fingerprint density at radius 2 is 2.10 bits per heavy atom. The summed E-state index contributed by atoms with van der Waals surface area (Å²) in [4.78, 5) is 0. The van der Waals surface area contributed by atoms with Crippen LogP contribution in [0.3, 0.4) is 0 Å². The number of alkyl halides is 1. The lowest BCUT2D eigenvalue weighted by atomic mass is 10.2. The third-order valence-corrected chi connectivity index (χ3v) is 4.36. The van der Waals surface area contributed by atoms with Gasteiger partial charge in [0.15, 0.2) is 0 Å². The zero-order chi connectivity index (χ0) is 14.5. The first kappa shape index (κ1) is 15.6. The summed E-state index contributed by atoms with van der Waals surface area (Å²) in [6, 6.07) is 8.19. The minimum atomic E-state index is 0.531. The topological polar surface area (TPSA) is 27.1 Å². The van der Waals surface area contributed by atoms with Crippen LogP contribution in [0.4, 0.5) is 0 Å². The predicted molar refractivity (Wildman–Crippen MR) is 88.4 cm³/mol. The minimum Gasteiger partial charge on any atom is -0.486 e. The summed E-state index contributed by atoms with van der Waals surface area (Å²) in [5, 5.41) is 5.31. The van der Waals surface area contributed by atoms with E-state index in [1.165, 1.54) is 0 Å². The first-order valence-corrected chi connectivity index (χ1v) is 8.62. The normalized spacial score (nSPS) is 10.8. The molecule has 0 aliphatic carbocycles. The number of para-hydroxylation sites is 1. The standard InChI is InChI=1S/C15H18Br2N2O/c1-3-12-8-13(19(4-2)18-12)10-20-15-11(9-16)6-5-7-14(15)17/h5-8H,3-4,9-10H2,1-2H3. The maximum Gasteiger partial charge on any atom is 0.138 e. The van der Waals surface area contributed by atoms with Crippen LogP contribution in [-0.4, -0.2) is 9.78 Å². The van der Waals surface area contributed by atoms with Crippen molar-refractivity contribution in [2.45, 2.75) is 38.8 Å². The Morgan fingerprint density at radius 3 is 2.75 bits per heavy atom. The zero-order valence-corrected chi connectivity index (χ0v) is 14.9. The minimum absolute atomic E-state index is 0.531. The maximum absolute atomic E-state index is 6.01. The number of ether oxygens (including phenoxy) is 1. The third kappa shape index (κ3) is 3.44. The smallest absolute Gasteiger partial charge is 0.138 e. The van der Waals surface area contributed by atoms with Gasteiger partial charge in [-0.1, -0.05) is 35.0 Å². The van der Waals surface area contributed by atoms with Gasteiger partial charge in [0.2, 0.25) is 0 Å². The van der Waals surface area contributed by atoms with E-state index in [9.17, 15) is 0 Å². The molecule has 0 radical (unpaired) electrons. The second-order valence-corrected chi connectivity index (χ2v) is 5.86. The number of aromatic nitrogens is 2. The highest BCUT2D eigenvalue weighted by molar-refractivity contribution is 9.10. The summed E-state index contributed by atoms with van der Waals surface area (Å²) in [5.74, 6) is 0.895. The second kappa shape index (κ2) is 7.27. The monoisotopic (exact) mass is 400 g/mol. The molecule has 0 atom stereocenters. The quantitative estimate of drug-likeness (QED) is 0.655. The fraction of sp³-hybridized carbons (Fsp3) is 0.400.